The molecule has 6 heteroatoms. The van der Waals surface area contributed by atoms with Gasteiger partial charge in [-0.05, 0) is 86.9 Å². The van der Waals surface area contributed by atoms with Crippen LogP contribution in [0.25, 0.3) is 0 Å². The molecule has 2 aliphatic rings. The van der Waals surface area contributed by atoms with Crippen LogP contribution in [0.5, 0.6) is 5.75 Å². The lowest BCUT2D eigenvalue weighted by Gasteiger charge is -2.14. The van der Waals surface area contributed by atoms with Crippen molar-refractivity contribution in [2.45, 2.75) is 63.5 Å². The average Bonchev–Trinajstić information content (AvgIpc) is 3.40. The van der Waals surface area contributed by atoms with Crippen molar-refractivity contribution in [1.82, 2.24) is 5.32 Å². The molecule has 2 saturated carbocycles. The normalized spacial score (nSPS) is 16.1. The Kier molecular flexibility index (Phi) is 6.52. The Labute approximate surface area is 177 Å². The van der Waals surface area contributed by atoms with Gasteiger partial charge in [0.2, 0.25) is 5.91 Å². The number of ether oxygens (including phenoxy) is 1. The van der Waals surface area contributed by atoms with Crippen molar-refractivity contribution in [2.24, 2.45) is 0 Å². The van der Waals surface area contributed by atoms with Crippen LogP contribution in [0, 0.1) is 0 Å². The maximum Gasteiger partial charge on any atom is 0.319 e. The molecule has 2 aromatic carbocycles. The monoisotopic (exact) mass is 407 g/mol. The van der Waals surface area contributed by atoms with Crippen molar-refractivity contribution < 1.29 is 14.3 Å². The van der Waals surface area contributed by atoms with Crippen LogP contribution >= 0.6 is 0 Å². The molecule has 0 radical (unpaired) electrons. The lowest BCUT2D eigenvalue weighted by molar-refractivity contribution is -0.116. The molecule has 30 heavy (non-hydrogen) atoms. The van der Waals surface area contributed by atoms with Crippen molar-refractivity contribution in [3.05, 3.63) is 54.1 Å². The van der Waals surface area contributed by atoms with Crippen LogP contribution in [0.1, 0.15) is 50.5 Å². The van der Waals surface area contributed by atoms with Gasteiger partial charge < -0.3 is 20.7 Å². The SMILES string of the molecule is O=C(CCc1cccc(OC2CCCC2)c1)Nc1ccc(NC(=O)NC2CC2)cc1. The number of nitrogens with one attached hydrogen (secondary N) is 3. The molecule has 2 aromatic rings. The van der Waals surface area contributed by atoms with Crippen LogP contribution in [-0.2, 0) is 11.2 Å². The largest absolute Gasteiger partial charge is 0.490 e. The third kappa shape index (κ3) is 6.24. The van der Waals surface area contributed by atoms with E-state index in [9.17, 15) is 9.59 Å². The predicted octanol–water partition coefficient (Wildman–Crippen LogP) is 4.86. The van der Waals surface area contributed by atoms with Gasteiger partial charge in [-0.3, -0.25) is 4.79 Å². The number of anilines is 2. The van der Waals surface area contributed by atoms with E-state index in [2.05, 4.69) is 16.0 Å². The number of carbonyl (C=O) groups excluding carboxylic acids is 2. The third-order valence-corrected chi connectivity index (χ3v) is 5.48. The number of amides is 3. The lowest BCUT2D eigenvalue weighted by Crippen LogP contribution is -2.30. The molecule has 2 aliphatic carbocycles. The molecule has 0 bridgehead atoms. The molecule has 0 aliphatic heterocycles. The van der Waals surface area contributed by atoms with E-state index in [1.54, 1.807) is 24.3 Å². The summed E-state index contributed by atoms with van der Waals surface area (Å²) < 4.78 is 6.05. The number of urea groups is 1. The first-order chi connectivity index (χ1) is 14.6. The van der Waals surface area contributed by atoms with Gasteiger partial charge in [-0.15, -0.1) is 0 Å². The highest BCUT2D eigenvalue weighted by Gasteiger charge is 2.23. The highest BCUT2D eigenvalue weighted by atomic mass is 16.5. The Morgan fingerprint density at radius 1 is 0.900 bits per heavy atom. The second kappa shape index (κ2) is 9.65. The molecule has 6 nitrogen and oxygen atoms in total. The zero-order chi connectivity index (χ0) is 20.8. The van der Waals surface area contributed by atoms with Crippen molar-refractivity contribution >= 4 is 23.3 Å². The summed E-state index contributed by atoms with van der Waals surface area (Å²) in [6, 6.07) is 15.3. The summed E-state index contributed by atoms with van der Waals surface area (Å²) in [5, 5.41) is 8.58. The summed E-state index contributed by atoms with van der Waals surface area (Å²) >= 11 is 0. The van der Waals surface area contributed by atoms with E-state index in [0.717, 1.165) is 37.0 Å². The molecule has 158 valence electrons. The maximum atomic E-state index is 12.3. The summed E-state index contributed by atoms with van der Waals surface area (Å²) in [4.78, 5) is 24.1. The quantitative estimate of drug-likeness (QED) is 0.584. The minimum Gasteiger partial charge on any atom is -0.490 e. The topological polar surface area (TPSA) is 79.5 Å². The zero-order valence-corrected chi connectivity index (χ0v) is 17.2. The van der Waals surface area contributed by atoms with Gasteiger partial charge in [-0.25, -0.2) is 4.79 Å². The van der Waals surface area contributed by atoms with E-state index in [1.165, 1.54) is 12.8 Å². The molecule has 4 rings (SSSR count). The molecule has 2 fully saturated rings. The second-order valence-corrected chi connectivity index (χ2v) is 8.17. The Balaban J connectivity index is 1.22. The van der Waals surface area contributed by atoms with E-state index in [-0.39, 0.29) is 11.9 Å². The Bertz CT molecular complexity index is 872. The Morgan fingerprint density at radius 3 is 2.30 bits per heavy atom. The Hall–Kier alpha value is -3.02. The van der Waals surface area contributed by atoms with E-state index in [1.807, 2.05) is 24.3 Å². The highest BCUT2D eigenvalue weighted by molar-refractivity contribution is 5.92. The fourth-order valence-electron chi connectivity index (χ4n) is 3.67. The standard InChI is InChI=1S/C24H29N3O3/c28-23(15-8-17-4-3-7-22(16-17)30-21-5-1-2-6-21)25-18-9-11-19(12-10-18)26-24(29)27-20-13-14-20/h3-4,7,9-12,16,20-21H,1-2,5-6,8,13-15H2,(H,25,28)(H2,26,27,29). The first-order valence-corrected chi connectivity index (χ1v) is 10.9. The molecule has 0 unspecified atom stereocenters. The molecule has 0 aromatic heterocycles. The van der Waals surface area contributed by atoms with E-state index < -0.39 is 0 Å². The zero-order valence-electron chi connectivity index (χ0n) is 17.2. The first-order valence-electron chi connectivity index (χ1n) is 10.9. The lowest BCUT2D eigenvalue weighted by atomic mass is 10.1. The van der Waals surface area contributed by atoms with Crippen LogP contribution < -0.4 is 20.7 Å². The van der Waals surface area contributed by atoms with E-state index >= 15 is 0 Å². The summed E-state index contributed by atoms with van der Waals surface area (Å²) in [5.41, 5.74) is 2.51. The van der Waals surface area contributed by atoms with Crippen LogP contribution in [0.15, 0.2) is 48.5 Å². The van der Waals surface area contributed by atoms with Gasteiger partial charge >= 0.3 is 6.03 Å². The van der Waals surface area contributed by atoms with Gasteiger partial charge in [0.15, 0.2) is 0 Å². The van der Waals surface area contributed by atoms with E-state index in [4.69, 9.17) is 4.74 Å². The summed E-state index contributed by atoms with van der Waals surface area (Å²) in [5.74, 6) is 0.859. The van der Waals surface area contributed by atoms with Gasteiger partial charge in [0.25, 0.3) is 0 Å². The predicted molar refractivity (Wildman–Crippen MR) is 118 cm³/mol. The van der Waals surface area contributed by atoms with Gasteiger partial charge in [-0.1, -0.05) is 12.1 Å². The van der Waals surface area contributed by atoms with Crippen molar-refractivity contribution in [2.75, 3.05) is 10.6 Å². The fraction of sp³-hybridized carbons (Fsp3) is 0.417. The molecule has 0 heterocycles. The number of hydrogen-bond acceptors (Lipinski definition) is 3. The van der Waals surface area contributed by atoms with E-state index in [0.29, 0.717) is 36.4 Å². The molecular weight excluding hydrogens is 378 g/mol. The molecule has 3 N–H and O–H groups in total. The summed E-state index contributed by atoms with van der Waals surface area (Å²) in [6.07, 6.45) is 8.25. The number of carbonyl (C=O) groups is 2. The van der Waals surface area contributed by atoms with Gasteiger partial charge in [0.05, 0.1) is 6.10 Å². The summed E-state index contributed by atoms with van der Waals surface area (Å²) in [6.45, 7) is 0. The van der Waals surface area contributed by atoms with Crippen LogP contribution in [-0.4, -0.2) is 24.1 Å². The number of rotatable bonds is 8. The first kappa shape index (κ1) is 20.3. The fourth-order valence-corrected chi connectivity index (χ4v) is 3.67. The molecule has 0 saturated heterocycles. The molecule has 0 atom stereocenters. The molecule has 0 spiro atoms. The molecular formula is C24H29N3O3. The number of hydrogen-bond donors (Lipinski definition) is 3. The molecule has 3 amide bonds. The second-order valence-electron chi connectivity index (χ2n) is 8.17. The maximum absolute atomic E-state index is 12.3. The van der Waals surface area contributed by atoms with Crippen LogP contribution in [0.3, 0.4) is 0 Å². The van der Waals surface area contributed by atoms with Crippen molar-refractivity contribution in [1.29, 1.82) is 0 Å². The van der Waals surface area contributed by atoms with Crippen LogP contribution in [0.4, 0.5) is 16.2 Å². The van der Waals surface area contributed by atoms with Gasteiger partial charge in [-0.2, -0.15) is 0 Å². The Morgan fingerprint density at radius 2 is 1.60 bits per heavy atom. The third-order valence-electron chi connectivity index (χ3n) is 5.48. The highest BCUT2D eigenvalue weighted by Crippen LogP contribution is 2.25. The van der Waals surface area contributed by atoms with Crippen molar-refractivity contribution in [3.63, 3.8) is 0 Å². The minimum absolute atomic E-state index is 0.0377. The number of benzene rings is 2. The van der Waals surface area contributed by atoms with Crippen LogP contribution in [0.2, 0.25) is 0 Å². The van der Waals surface area contributed by atoms with Gasteiger partial charge in [0, 0.05) is 23.8 Å². The smallest absolute Gasteiger partial charge is 0.319 e. The number of aryl methyl sites for hydroxylation is 1. The van der Waals surface area contributed by atoms with Gasteiger partial charge in [0.1, 0.15) is 5.75 Å². The summed E-state index contributed by atoms with van der Waals surface area (Å²) in [7, 11) is 0. The minimum atomic E-state index is -0.187. The van der Waals surface area contributed by atoms with Crippen molar-refractivity contribution in [3.8, 4) is 5.75 Å². The average molecular weight is 408 g/mol.